The molecule has 0 saturated carbocycles. The van der Waals surface area contributed by atoms with Crippen molar-refractivity contribution in [2.45, 2.75) is 11.8 Å². The Morgan fingerprint density at radius 3 is 2.53 bits per heavy atom. The van der Waals surface area contributed by atoms with Crippen LogP contribution < -0.4 is 0 Å². The van der Waals surface area contributed by atoms with Gasteiger partial charge in [0.15, 0.2) is 0 Å². The van der Waals surface area contributed by atoms with Gasteiger partial charge in [-0.3, -0.25) is 0 Å². The van der Waals surface area contributed by atoms with E-state index in [-0.39, 0.29) is 14.4 Å². The molecule has 1 aliphatic rings. The van der Waals surface area contributed by atoms with Crippen molar-refractivity contribution in [2.24, 2.45) is 0 Å². The predicted octanol–water partition coefficient (Wildman–Crippen LogP) is 1.72. The number of halogens is 1. The monoisotopic (exact) mass is 321 g/mol. The Labute approximate surface area is 123 Å². The normalized spacial score (nSPS) is 18.6. The maximum absolute atomic E-state index is 12.5. The number of nitrogens with zero attached hydrogens (tertiary/aromatic N) is 2. The van der Waals surface area contributed by atoms with Crippen LogP contribution in [0.2, 0.25) is 5.02 Å². The number of aromatic amines is 1. The maximum Gasteiger partial charge on any atom is 0.246 e. The summed E-state index contributed by atoms with van der Waals surface area (Å²) in [6, 6.07) is 0. The Morgan fingerprint density at radius 2 is 1.95 bits per heavy atom. The minimum atomic E-state index is -3.56. The molecule has 0 radical (unpaired) electrons. The summed E-state index contributed by atoms with van der Waals surface area (Å²) in [6.07, 6.45) is 2.88. The van der Waals surface area contributed by atoms with E-state index in [9.17, 15) is 8.42 Å². The Hall–Kier alpha value is -0.470. The molecule has 0 bridgehead atoms. The number of pyridine rings is 1. The molecule has 5 nitrogen and oxygen atoms in total. The first-order chi connectivity index (χ1) is 8.96. The molecule has 0 unspecified atom stereocenters. The van der Waals surface area contributed by atoms with Crippen LogP contribution in [0.3, 0.4) is 0 Å². The zero-order chi connectivity index (χ0) is 14.0. The lowest BCUT2D eigenvalue weighted by Gasteiger charge is -2.33. The molecule has 8 heteroatoms. The van der Waals surface area contributed by atoms with Crippen molar-refractivity contribution in [3.8, 4) is 0 Å². The summed E-state index contributed by atoms with van der Waals surface area (Å²) in [6.45, 7) is 5.46. The number of hydrogen-bond donors (Lipinski definition) is 1. The summed E-state index contributed by atoms with van der Waals surface area (Å²) < 4.78 is 26.7. The molecule has 0 aromatic carbocycles. The Kier molecular flexibility index (Phi) is 4.62. The minimum Gasteiger partial charge on any atom is -0.365 e. The molecule has 106 valence electrons. The molecule has 1 fully saturated rings. The smallest absolute Gasteiger partial charge is 0.246 e. The Balaban J connectivity index is 2.29. The average Bonchev–Trinajstić information content (AvgIpc) is 2.41. The molecule has 0 amide bonds. The van der Waals surface area contributed by atoms with E-state index in [1.54, 1.807) is 0 Å². The van der Waals surface area contributed by atoms with Crippen LogP contribution in [0.25, 0.3) is 0 Å². The molecule has 0 aliphatic carbocycles. The molecule has 1 saturated heterocycles. The number of rotatable bonds is 3. The summed E-state index contributed by atoms with van der Waals surface area (Å²) in [5.74, 6) is 0. The predicted molar refractivity (Wildman–Crippen MR) is 77.5 cm³/mol. The fourth-order valence-corrected chi connectivity index (χ4v) is 4.19. The SMILES string of the molecule is CCN1CCN(S(=O)(=O)c2c[nH]cc(Cl)c2=S)CC1. The van der Waals surface area contributed by atoms with Gasteiger partial charge in [0, 0.05) is 38.6 Å². The molecule has 0 spiro atoms. The van der Waals surface area contributed by atoms with Crippen LogP contribution in [-0.4, -0.2) is 55.3 Å². The second-order valence-electron chi connectivity index (χ2n) is 4.34. The van der Waals surface area contributed by atoms with E-state index in [0.29, 0.717) is 13.1 Å². The topological polar surface area (TPSA) is 56.4 Å². The van der Waals surface area contributed by atoms with Gasteiger partial charge in [0.2, 0.25) is 10.0 Å². The van der Waals surface area contributed by atoms with Crippen molar-refractivity contribution in [1.82, 2.24) is 14.2 Å². The quantitative estimate of drug-likeness (QED) is 0.861. The van der Waals surface area contributed by atoms with Gasteiger partial charge in [-0.1, -0.05) is 30.7 Å². The lowest BCUT2D eigenvalue weighted by atomic mass is 10.4. The summed E-state index contributed by atoms with van der Waals surface area (Å²) >= 11 is 11.0. The highest BCUT2D eigenvalue weighted by molar-refractivity contribution is 7.89. The van der Waals surface area contributed by atoms with Crippen molar-refractivity contribution in [2.75, 3.05) is 32.7 Å². The summed E-state index contributed by atoms with van der Waals surface area (Å²) in [5.41, 5.74) is 0. The lowest BCUT2D eigenvalue weighted by Crippen LogP contribution is -2.48. The lowest BCUT2D eigenvalue weighted by molar-refractivity contribution is 0.196. The van der Waals surface area contributed by atoms with Crippen molar-refractivity contribution in [1.29, 1.82) is 0 Å². The fraction of sp³-hybridized carbons (Fsp3) is 0.545. The van der Waals surface area contributed by atoms with Crippen molar-refractivity contribution in [3.05, 3.63) is 21.9 Å². The third-order valence-electron chi connectivity index (χ3n) is 3.26. The third kappa shape index (κ3) is 3.00. The van der Waals surface area contributed by atoms with E-state index in [4.69, 9.17) is 23.8 Å². The molecular formula is C11H16ClN3O2S2. The Morgan fingerprint density at radius 1 is 1.32 bits per heavy atom. The number of aromatic nitrogens is 1. The molecule has 1 aromatic heterocycles. The average molecular weight is 322 g/mol. The second kappa shape index (κ2) is 5.88. The van der Waals surface area contributed by atoms with Gasteiger partial charge >= 0.3 is 0 Å². The first-order valence-electron chi connectivity index (χ1n) is 6.06. The van der Waals surface area contributed by atoms with Gasteiger partial charge < -0.3 is 9.88 Å². The van der Waals surface area contributed by atoms with Gasteiger partial charge in [-0.2, -0.15) is 4.31 Å². The van der Waals surface area contributed by atoms with E-state index in [0.717, 1.165) is 19.6 Å². The fourth-order valence-electron chi connectivity index (χ4n) is 2.06. The number of piperazine rings is 1. The first-order valence-corrected chi connectivity index (χ1v) is 8.28. The molecule has 1 aliphatic heterocycles. The van der Waals surface area contributed by atoms with E-state index in [1.165, 1.54) is 16.7 Å². The number of sulfonamides is 1. The molecule has 1 aromatic rings. The van der Waals surface area contributed by atoms with Crippen LogP contribution in [0.5, 0.6) is 0 Å². The number of hydrogen-bond acceptors (Lipinski definition) is 4. The number of nitrogens with one attached hydrogen (secondary N) is 1. The molecule has 1 N–H and O–H groups in total. The van der Waals surface area contributed by atoms with Crippen molar-refractivity contribution >= 4 is 33.8 Å². The van der Waals surface area contributed by atoms with Crippen molar-refractivity contribution < 1.29 is 8.42 Å². The van der Waals surface area contributed by atoms with Crippen LogP contribution in [0.4, 0.5) is 0 Å². The zero-order valence-electron chi connectivity index (χ0n) is 10.6. The van der Waals surface area contributed by atoms with Crippen LogP contribution in [0, 0.1) is 4.51 Å². The van der Waals surface area contributed by atoms with E-state index >= 15 is 0 Å². The summed E-state index contributed by atoms with van der Waals surface area (Å²) in [4.78, 5) is 5.02. The number of H-pyrrole nitrogens is 1. The first kappa shape index (κ1) is 14.9. The van der Waals surface area contributed by atoms with E-state index in [2.05, 4.69) is 16.8 Å². The van der Waals surface area contributed by atoms with Gasteiger partial charge in [0.1, 0.15) is 4.90 Å². The van der Waals surface area contributed by atoms with Gasteiger partial charge in [0.05, 0.1) is 9.53 Å². The molecule has 2 rings (SSSR count). The third-order valence-corrected chi connectivity index (χ3v) is 6.16. The molecular weight excluding hydrogens is 306 g/mol. The van der Waals surface area contributed by atoms with Gasteiger partial charge in [-0.05, 0) is 6.54 Å². The second-order valence-corrected chi connectivity index (χ2v) is 7.06. The van der Waals surface area contributed by atoms with Crippen molar-refractivity contribution in [3.63, 3.8) is 0 Å². The molecule has 2 heterocycles. The van der Waals surface area contributed by atoms with Gasteiger partial charge in [-0.15, -0.1) is 0 Å². The molecule has 19 heavy (non-hydrogen) atoms. The van der Waals surface area contributed by atoms with E-state index in [1.807, 2.05) is 0 Å². The molecule has 0 atom stereocenters. The van der Waals surface area contributed by atoms with Gasteiger partial charge in [0.25, 0.3) is 0 Å². The van der Waals surface area contributed by atoms with Crippen LogP contribution in [0.15, 0.2) is 17.3 Å². The Bertz CT molecular complexity index is 607. The summed E-state index contributed by atoms with van der Waals surface area (Å²) in [7, 11) is -3.56. The van der Waals surface area contributed by atoms with Gasteiger partial charge in [-0.25, -0.2) is 8.42 Å². The zero-order valence-corrected chi connectivity index (χ0v) is 13.0. The van der Waals surface area contributed by atoms with Crippen LogP contribution in [-0.2, 0) is 10.0 Å². The minimum absolute atomic E-state index is 0.0833. The highest BCUT2D eigenvalue weighted by Crippen LogP contribution is 2.22. The van der Waals surface area contributed by atoms with Crippen LogP contribution in [0.1, 0.15) is 6.92 Å². The largest absolute Gasteiger partial charge is 0.365 e. The highest BCUT2D eigenvalue weighted by Gasteiger charge is 2.29. The number of likely N-dealkylation sites (N-methyl/N-ethyl adjacent to an activating group) is 1. The summed E-state index contributed by atoms with van der Waals surface area (Å²) in [5, 5.41) is 0.253. The maximum atomic E-state index is 12.5. The van der Waals surface area contributed by atoms with Crippen LogP contribution >= 0.6 is 23.8 Å². The highest BCUT2D eigenvalue weighted by atomic mass is 35.5. The standard InChI is InChI=1S/C11H16ClN3O2S2/c1-2-14-3-5-15(6-4-14)19(16,17)10-8-13-7-9(12)11(10)18/h7-8H,2-6H2,1H3,(H,13,18). The van der Waals surface area contributed by atoms with E-state index < -0.39 is 10.0 Å².